The van der Waals surface area contributed by atoms with E-state index in [0.717, 1.165) is 16.2 Å². The Morgan fingerprint density at radius 1 is 1.00 bits per heavy atom. The predicted octanol–water partition coefficient (Wildman–Crippen LogP) is 4.98. The van der Waals surface area contributed by atoms with Gasteiger partial charge >= 0.3 is 0 Å². The maximum Gasteiger partial charge on any atom is 0.237 e. The zero-order chi connectivity index (χ0) is 20.2. The third kappa shape index (κ3) is 4.32. The number of imidazole rings is 1. The number of amides is 1. The normalized spacial score (nSPS) is 11.0. The monoisotopic (exact) mass is 405 g/mol. The van der Waals surface area contributed by atoms with Crippen LogP contribution in [0.15, 0.2) is 84.0 Å². The molecule has 0 N–H and O–H groups in total. The third-order valence-corrected chi connectivity index (χ3v) is 5.68. The van der Waals surface area contributed by atoms with E-state index in [1.165, 1.54) is 34.4 Å². The van der Waals surface area contributed by atoms with Gasteiger partial charge in [-0.05, 0) is 42.0 Å². The first-order valence-corrected chi connectivity index (χ1v) is 10.2. The highest BCUT2D eigenvalue weighted by atomic mass is 32.2. The van der Waals surface area contributed by atoms with Crippen LogP contribution in [0, 0.1) is 5.82 Å². The third-order valence-electron chi connectivity index (χ3n) is 4.72. The number of halogens is 1. The Labute approximate surface area is 173 Å². The van der Waals surface area contributed by atoms with Crippen LogP contribution in [0.3, 0.4) is 0 Å². The van der Waals surface area contributed by atoms with E-state index in [-0.39, 0.29) is 17.5 Å². The van der Waals surface area contributed by atoms with Gasteiger partial charge in [-0.1, -0.05) is 54.2 Å². The average Bonchev–Trinajstić information content (AvgIpc) is 3.10. The number of aromatic nitrogens is 2. The van der Waals surface area contributed by atoms with Crippen molar-refractivity contribution in [3.63, 3.8) is 0 Å². The van der Waals surface area contributed by atoms with Crippen molar-refractivity contribution < 1.29 is 9.18 Å². The molecular formula is C23H20FN3OS. The molecule has 146 valence electrons. The lowest BCUT2D eigenvalue weighted by molar-refractivity contribution is -0.115. The average molecular weight is 405 g/mol. The minimum absolute atomic E-state index is 0.0695. The number of carbonyl (C=O) groups excluding carboxylic acids is 1. The second-order valence-corrected chi connectivity index (χ2v) is 7.62. The molecule has 1 amide bonds. The van der Waals surface area contributed by atoms with Crippen molar-refractivity contribution in [3.05, 3.63) is 90.2 Å². The van der Waals surface area contributed by atoms with E-state index < -0.39 is 0 Å². The molecule has 3 aromatic carbocycles. The Kier molecular flexibility index (Phi) is 5.62. The van der Waals surface area contributed by atoms with E-state index in [0.29, 0.717) is 12.2 Å². The van der Waals surface area contributed by atoms with Crippen molar-refractivity contribution in [3.8, 4) is 0 Å². The summed E-state index contributed by atoms with van der Waals surface area (Å²) >= 11 is 1.41. The number of nitrogens with zero attached hydrogens (tertiary/aromatic N) is 3. The molecule has 4 nitrogen and oxygen atoms in total. The number of fused-ring (bicyclic) bond motifs is 1. The van der Waals surface area contributed by atoms with E-state index >= 15 is 0 Å². The van der Waals surface area contributed by atoms with Gasteiger partial charge in [-0.3, -0.25) is 4.79 Å². The van der Waals surface area contributed by atoms with Crippen LogP contribution in [-0.2, 0) is 11.3 Å². The lowest BCUT2D eigenvalue weighted by Crippen LogP contribution is -2.28. The van der Waals surface area contributed by atoms with Gasteiger partial charge in [-0.2, -0.15) is 0 Å². The van der Waals surface area contributed by atoms with Crippen LogP contribution in [0.25, 0.3) is 11.0 Å². The molecule has 0 aliphatic heterocycles. The Morgan fingerprint density at radius 2 is 1.69 bits per heavy atom. The maximum absolute atomic E-state index is 13.1. The fraction of sp³-hybridized carbons (Fsp3) is 0.130. The molecule has 0 fully saturated rings. The molecule has 6 heteroatoms. The molecule has 0 saturated carbocycles. The first-order valence-electron chi connectivity index (χ1n) is 9.26. The van der Waals surface area contributed by atoms with Crippen molar-refractivity contribution >= 4 is 34.4 Å². The molecule has 0 bridgehead atoms. The van der Waals surface area contributed by atoms with Crippen molar-refractivity contribution in [2.45, 2.75) is 11.7 Å². The minimum atomic E-state index is -0.321. The quantitative estimate of drug-likeness (QED) is 0.425. The molecule has 1 heterocycles. The molecule has 0 saturated heterocycles. The van der Waals surface area contributed by atoms with Crippen LogP contribution < -0.4 is 4.90 Å². The fourth-order valence-corrected chi connectivity index (χ4v) is 4.04. The summed E-state index contributed by atoms with van der Waals surface area (Å²) in [6.07, 6.45) is 0. The van der Waals surface area contributed by atoms with Crippen LogP contribution >= 0.6 is 11.8 Å². The molecule has 1 aromatic heterocycles. The summed E-state index contributed by atoms with van der Waals surface area (Å²) in [5.74, 6) is -0.148. The maximum atomic E-state index is 13.1. The highest BCUT2D eigenvalue weighted by molar-refractivity contribution is 7.99. The van der Waals surface area contributed by atoms with Gasteiger partial charge in [0.15, 0.2) is 5.16 Å². The van der Waals surface area contributed by atoms with Crippen LogP contribution in [0.5, 0.6) is 0 Å². The summed E-state index contributed by atoms with van der Waals surface area (Å²) in [7, 11) is 1.70. The van der Waals surface area contributed by atoms with E-state index in [2.05, 4.69) is 16.7 Å². The summed E-state index contributed by atoms with van der Waals surface area (Å²) in [6, 6.07) is 24.1. The van der Waals surface area contributed by atoms with Gasteiger partial charge in [0.2, 0.25) is 5.91 Å². The summed E-state index contributed by atoms with van der Waals surface area (Å²) < 4.78 is 15.3. The number of thioether (sulfide) groups is 1. The summed E-state index contributed by atoms with van der Waals surface area (Å²) in [5, 5.41) is 0.802. The number of hydrogen-bond acceptors (Lipinski definition) is 3. The SMILES string of the molecule is CN(C(=O)CSc1nc2ccccc2n1Cc1ccccc1)c1ccc(F)cc1. The molecule has 0 aliphatic carbocycles. The molecule has 0 radical (unpaired) electrons. The van der Waals surface area contributed by atoms with Gasteiger partial charge in [0.1, 0.15) is 5.82 Å². The van der Waals surface area contributed by atoms with E-state index in [1.807, 2.05) is 42.5 Å². The second kappa shape index (κ2) is 8.49. The van der Waals surface area contributed by atoms with Crippen molar-refractivity contribution in [1.29, 1.82) is 0 Å². The molecule has 0 spiro atoms. The van der Waals surface area contributed by atoms with Crippen molar-refractivity contribution in [1.82, 2.24) is 9.55 Å². The Bertz CT molecular complexity index is 1130. The first-order chi connectivity index (χ1) is 14.1. The topological polar surface area (TPSA) is 38.1 Å². The molecule has 0 unspecified atom stereocenters. The fourth-order valence-electron chi connectivity index (χ4n) is 3.11. The summed E-state index contributed by atoms with van der Waals surface area (Å²) in [4.78, 5) is 18.9. The summed E-state index contributed by atoms with van der Waals surface area (Å²) in [5.41, 5.74) is 3.78. The number of para-hydroxylation sites is 2. The Hall–Kier alpha value is -3.12. The summed E-state index contributed by atoms with van der Waals surface area (Å²) in [6.45, 7) is 0.686. The largest absolute Gasteiger partial charge is 0.315 e. The standard InChI is InChI=1S/C23H20FN3OS/c1-26(19-13-11-18(24)12-14-19)22(28)16-29-23-25-20-9-5-6-10-21(20)27(23)15-17-7-3-2-4-8-17/h2-14H,15-16H2,1H3. The van der Waals surface area contributed by atoms with Crippen LogP contribution in [-0.4, -0.2) is 28.3 Å². The molecule has 4 aromatic rings. The van der Waals surface area contributed by atoms with Gasteiger partial charge < -0.3 is 9.47 Å². The second-order valence-electron chi connectivity index (χ2n) is 6.67. The molecule has 0 aliphatic rings. The number of anilines is 1. The van der Waals surface area contributed by atoms with Crippen LogP contribution in [0.2, 0.25) is 0 Å². The number of hydrogen-bond donors (Lipinski definition) is 0. The van der Waals surface area contributed by atoms with Gasteiger partial charge in [0, 0.05) is 12.7 Å². The Morgan fingerprint density at radius 3 is 2.45 bits per heavy atom. The minimum Gasteiger partial charge on any atom is -0.315 e. The van der Waals surface area contributed by atoms with Crippen molar-refractivity contribution in [2.24, 2.45) is 0 Å². The zero-order valence-corrected chi connectivity index (χ0v) is 16.8. The Balaban J connectivity index is 1.55. The number of carbonyl (C=O) groups is 1. The zero-order valence-electron chi connectivity index (χ0n) is 16.0. The number of rotatable bonds is 6. The van der Waals surface area contributed by atoms with Gasteiger partial charge in [-0.25, -0.2) is 9.37 Å². The molecular weight excluding hydrogens is 385 g/mol. The molecule has 4 rings (SSSR count). The lowest BCUT2D eigenvalue weighted by Gasteiger charge is -2.17. The lowest BCUT2D eigenvalue weighted by atomic mass is 10.2. The number of benzene rings is 3. The van der Waals surface area contributed by atoms with Crippen molar-refractivity contribution in [2.75, 3.05) is 17.7 Å². The molecule has 0 atom stereocenters. The van der Waals surface area contributed by atoms with Gasteiger partial charge in [-0.15, -0.1) is 0 Å². The van der Waals surface area contributed by atoms with E-state index in [1.54, 1.807) is 19.2 Å². The predicted molar refractivity (Wildman–Crippen MR) is 116 cm³/mol. The highest BCUT2D eigenvalue weighted by Crippen LogP contribution is 2.26. The van der Waals surface area contributed by atoms with E-state index in [9.17, 15) is 9.18 Å². The first kappa shape index (κ1) is 19.2. The van der Waals surface area contributed by atoms with Crippen LogP contribution in [0.1, 0.15) is 5.56 Å². The van der Waals surface area contributed by atoms with Gasteiger partial charge in [0.05, 0.1) is 23.3 Å². The van der Waals surface area contributed by atoms with Gasteiger partial charge in [0.25, 0.3) is 0 Å². The highest BCUT2D eigenvalue weighted by Gasteiger charge is 2.16. The van der Waals surface area contributed by atoms with Crippen LogP contribution in [0.4, 0.5) is 10.1 Å². The van der Waals surface area contributed by atoms with E-state index in [4.69, 9.17) is 4.98 Å². The molecule has 29 heavy (non-hydrogen) atoms. The smallest absolute Gasteiger partial charge is 0.237 e.